The van der Waals surface area contributed by atoms with Crippen LogP contribution in [0.1, 0.15) is 36.5 Å². The van der Waals surface area contributed by atoms with E-state index in [1.54, 1.807) is 19.2 Å². The van der Waals surface area contributed by atoms with Crippen LogP contribution in [0.15, 0.2) is 40.9 Å². The molecule has 0 atom stereocenters. The van der Waals surface area contributed by atoms with Gasteiger partial charge in [-0.25, -0.2) is 0 Å². The summed E-state index contributed by atoms with van der Waals surface area (Å²) in [7, 11) is 1.70. The van der Waals surface area contributed by atoms with Gasteiger partial charge < -0.3 is 4.74 Å². The summed E-state index contributed by atoms with van der Waals surface area (Å²) in [6.07, 6.45) is 6.27. The SMILES string of the molecule is COc1c(C=Cc2ccc([N+](=O)[O-])cc2)cc(Br)cc1C1(C)CC1. The lowest BCUT2D eigenvalue weighted by atomic mass is 9.94. The van der Waals surface area contributed by atoms with Crippen molar-refractivity contribution >= 4 is 33.8 Å². The number of rotatable bonds is 5. The number of hydrogen-bond donors (Lipinski definition) is 0. The molecule has 0 saturated heterocycles. The molecule has 0 N–H and O–H groups in total. The number of ether oxygens (including phenoxy) is 1. The van der Waals surface area contributed by atoms with Gasteiger partial charge in [-0.2, -0.15) is 0 Å². The Labute approximate surface area is 149 Å². The largest absolute Gasteiger partial charge is 0.496 e. The van der Waals surface area contributed by atoms with Crippen LogP contribution in [0.4, 0.5) is 5.69 Å². The first-order valence-electron chi connectivity index (χ1n) is 7.73. The Hall–Kier alpha value is -2.14. The molecule has 1 aliphatic carbocycles. The van der Waals surface area contributed by atoms with Crippen LogP contribution in [0.25, 0.3) is 12.2 Å². The molecule has 124 valence electrons. The zero-order chi connectivity index (χ0) is 17.3. The van der Waals surface area contributed by atoms with Crippen molar-refractivity contribution in [1.82, 2.24) is 0 Å². The molecule has 1 aliphatic rings. The van der Waals surface area contributed by atoms with Crippen molar-refractivity contribution in [3.63, 3.8) is 0 Å². The van der Waals surface area contributed by atoms with Gasteiger partial charge in [-0.3, -0.25) is 10.1 Å². The minimum Gasteiger partial charge on any atom is -0.496 e. The highest BCUT2D eigenvalue weighted by atomic mass is 79.9. The second-order valence-electron chi connectivity index (χ2n) is 6.32. The highest BCUT2D eigenvalue weighted by Crippen LogP contribution is 2.52. The lowest BCUT2D eigenvalue weighted by molar-refractivity contribution is -0.384. The molecule has 0 amide bonds. The van der Waals surface area contributed by atoms with Crippen LogP contribution >= 0.6 is 15.9 Å². The summed E-state index contributed by atoms with van der Waals surface area (Å²) in [4.78, 5) is 10.3. The van der Waals surface area contributed by atoms with Gasteiger partial charge in [0.25, 0.3) is 5.69 Å². The summed E-state index contributed by atoms with van der Waals surface area (Å²) in [6.45, 7) is 2.25. The summed E-state index contributed by atoms with van der Waals surface area (Å²) >= 11 is 3.58. The first-order chi connectivity index (χ1) is 11.4. The third-order valence-corrected chi connectivity index (χ3v) is 4.95. The summed E-state index contributed by atoms with van der Waals surface area (Å²) in [5.74, 6) is 0.899. The number of benzene rings is 2. The second kappa shape index (κ2) is 6.40. The molecule has 2 aromatic rings. The number of hydrogen-bond acceptors (Lipinski definition) is 3. The molecule has 0 aliphatic heterocycles. The van der Waals surface area contributed by atoms with Crippen LogP contribution in [-0.2, 0) is 5.41 Å². The fourth-order valence-corrected chi connectivity index (χ4v) is 3.24. The first-order valence-corrected chi connectivity index (χ1v) is 8.53. The number of methoxy groups -OCH3 is 1. The Morgan fingerprint density at radius 3 is 2.42 bits per heavy atom. The third kappa shape index (κ3) is 3.36. The van der Waals surface area contributed by atoms with Gasteiger partial charge in [-0.05, 0) is 48.1 Å². The predicted octanol–water partition coefficient (Wildman–Crippen LogP) is 5.59. The van der Waals surface area contributed by atoms with Crippen LogP contribution < -0.4 is 4.74 Å². The number of nitro benzene ring substituents is 1. The molecule has 0 bridgehead atoms. The standard InChI is InChI=1S/C19H18BrNO3/c1-19(9-10-19)17-12-15(20)11-14(18(17)24-2)6-3-13-4-7-16(8-5-13)21(22)23/h3-8,11-12H,9-10H2,1-2H3. The van der Waals surface area contributed by atoms with Crippen LogP contribution in [0.2, 0.25) is 0 Å². The van der Waals surface area contributed by atoms with Crippen molar-refractivity contribution in [3.8, 4) is 5.75 Å². The van der Waals surface area contributed by atoms with Crippen molar-refractivity contribution < 1.29 is 9.66 Å². The number of non-ortho nitro benzene ring substituents is 1. The minimum absolute atomic E-state index is 0.0936. The van der Waals surface area contributed by atoms with Crippen molar-refractivity contribution in [2.75, 3.05) is 7.11 Å². The smallest absolute Gasteiger partial charge is 0.269 e. The third-order valence-electron chi connectivity index (χ3n) is 4.50. The molecule has 4 nitrogen and oxygen atoms in total. The number of halogens is 1. The molecule has 5 heteroatoms. The average molecular weight is 388 g/mol. The first kappa shape index (κ1) is 16.7. The summed E-state index contributed by atoms with van der Waals surface area (Å²) < 4.78 is 6.70. The van der Waals surface area contributed by atoms with Gasteiger partial charge in [0.05, 0.1) is 12.0 Å². The van der Waals surface area contributed by atoms with Crippen LogP contribution in [0.3, 0.4) is 0 Å². The maximum Gasteiger partial charge on any atom is 0.269 e. The van der Waals surface area contributed by atoms with E-state index in [4.69, 9.17) is 4.74 Å². The van der Waals surface area contributed by atoms with E-state index in [1.807, 2.05) is 18.2 Å². The maximum atomic E-state index is 10.7. The van der Waals surface area contributed by atoms with Crippen molar-refractivity contribution in [2.24, 2.45) is 0 Å². The van der Waals surface area contributed by atoms with E-state index in [9.17, 15) is 10.1 Å². The summed E-state index contributed by atoms with van der Waals surface area (Å²) in [6, 6.07) is 10.7. The molecular weight excluding hydrogens is 370 g/mol. The Bertz CT molecular complexity index is 808. The lowest BCUT2D eigenvalue weighted by Gasteiger charge is -2.17. The van der Waals surface area contributed by atoms with E-state index in [-0.39, 0.29) is 11.1 Å². The molecule has 3 rings (SSSR count). The van der Waals surface area contributed by atoms with E-state index < -0.39 is 4.92 Å². The summed E-state index contributed by atoms with van der Waals surface area (Å²) in [5, 5.41) is 10.7. The maximum absolute atomic E-state index is 10.7. The van der Waals surface area contributed by atoms with Crippen molar-refractivity contribution in [2.45, 2.75) is 25.2 Å². The van der Waals surface area contributed by atoms with Crippen molar-refractivity contribution in [1.29, 1.82) is 0 Å². The molecule has 0 unspecified atom stereocenters. The normalized spacial score (nSPS) is 15.5. The predicted molar refractivity (Wildman–Crippen MR) is 99.3 cm³/mol. The zero-order valence-electron chi connectivity index (χ0n) is 13.6. The molecule has 0 heterocycles. The number of nitro groups is 1. The van der Waals surface area contributed by atoms with E-state index >= 15 is 0 Å². The fraction of sp³-hybridized carbons (Fsp3) is 0.263. The van der Waals surface area contributed by atoms with Gasteiger partial charge in [0, 0.05) is 27.7 Å². The van der Waals surface area contributed by atoms with E-state index in [0.29, 0.717) is 0 Å². The molecule has 0 aromatic heterocycles. The van der Waals surface area contributed by atoms with Gasteiger partial charge in [0.2, 0.25) is 0 Å². The second-order valence-corrected chi connectivity index (χ2v) is 7.23. The van der Waals surface area contributed by atoms with Crippen LogP contribution in [0.5, 0.6) is 5.75 Å². The quantitative estimate of drug-likeness (QED) is 0.381. The van der Waals surface area contributed by atoms with Crippen LogP contribution in [-0.4, -0.2) is 12.0 Å². The van der Waals surface area contributed by atoms with Gasteiger partial charge in [-0.15, -0.1) is 0 Å². The molecule has 1 saturated carbocycles. The lowest BCUT2D eigenvalue weighted by Crippen LogP contribution is -2.04. The Balaban J connectivity index is 1.94. The van der Waals surface area contributed by atoms with E-state index in [0.717, 1.165) is 21.3 Å². The van der Waals surface area contributed by atoms with E-state index in [1.165, 1.54) is 30.5 Å². The monoisotopic (exact) mass is 387 g/mol. The minimum atomic E-state index is -0.395. The van der Waals surface area contributed by atoms with Crippen LogP contribution in [0, 0.1) is 10.1 Å². The molecule has 0 spiro atoms. The zero-order valence-corrected chi connectivity index (χ0v) is 15.2. The molecule has 24 heavy (non-hydrogen) atoms. The van der Waals surface area contributed by atoms with Crippen molar-refractivity contribution in [3.05, 3.63) is 67.7 Å². The highest BCUT2D eigenvalue weighted by Gasteiger charge is 2.41. The average Bonchev–Trinajstić information content (AvgIpc) is 3.31. The Kier molecular flexibility index (Phi) is 4.45. The van der Waals surface area contributed by atoms with Gasteiger partial charge in [0.1, 0.15) is 5.75 Å². The van der Waals surface area contributed by atoms with Gasteiger partial charge in [-0.1, -0.05) is 35.0 Å². The highest BCUT2D eigenvalue weighted by molar-refractivity contribution is 9.10. The topological polar surface area (TPSA) is 52.4 Å². The Morgan fingerprint density at radius 1 is 1.21 bits per heavy atom. The Morgan fingerprint density at radius 2 is 1.88 bits per heavy atom. The molecule has 1 fully saturated rings. The number of nitrogens with zero attached hydrogens (tertiary/aromatic N) is 1. The fourth-order valence-electron chi connectivity index (χ4n) is 2.76. The molecule has 0 radical (unpaired) electrons. The summed E-state index contributed by atoms with van der Waals surface area (Å²) in [5.41, 5.74) is 3.42. The van der Waals surface area contributed by atoms with E-state index in [2.05, 4.69) is 28.9 Å². The molecule has 2 aromatic carbocycles. The van der Waals surface area contributed by atoms with Gasteiger partial charge in [0.15, 0.2) is 0 Å². The van der Waals surface area contributed by atoms with Gasteiger partial charge >= 0.3 is 0 Å². The molecular formula is C19H18BrNO3.